The molecule has 2 aliphatic rings. The maximum atomic E-state index is 15.2. The van der Waals surface area contributed by atoms with Crippen molar-refractivity contribution in [2.24, 2.45) is 5.73 Å². The van der Waals surface area contributed by atoms with E-state index in [9.17, 15) is 14.7 Å². The summed E-state index contributed by atoms with van der Waals surface area (Å²) in [6.45, 7) is 0.999. The minimum atomic E-state index is -1.39. The molecule has 1 unspecified atom stereocenters. The number of methoxy groups -OCH3 is 1. The van der Waals surface area contributed by atoms with Gasteiger partial charge in [0.05, 0.1) is 18.2 Å². The van der Waals surface area contributed by atoms with Crippen molar-refractivity contribution in [3.05, 3.63) is 52.1 Å². The molecular weight excluding hydrogens is 393 g/mol. The second-order valence-corrected chi connectivity index (χ2v) is 7.41. The summed E-state index contributed by atoms with van der Waals surface area (Å²) in [5.41, 5.74) is 5.79. The van der Waals surface area contributed by atoms with E-state index in [2.05, 4.69) is 0 Å². The third-order valence-corrected chi connectivity index (χ3v) is 5.58. The Kier molecular flexibility index (Phi) is 3.97. The van der Waals surface area contributed by atoms with Crippen molar-refractivity contribution in [3.8, 4) is 22.9 Å². The number of benzene rings is 2. The van der Waals surface area contributed by atoms with Crippen LogP contribution in [0.2, 0.25) is 0 Å². The van der Waals surface area contributed by atoms with Crippen molar-refractivity contribution >= 4 is 22.6 Å². The van der Waals surface area contributed by atoms with Gasteiger partial charge in [0.1, 0.15) is 22.5 Å². The third-order valence-electron chi connectivity index (χ3n) is 5.58. The number of nitrogens with zero attached hydrogens (tertiary/aromatic N) is 2. The number of hydrogen-bond donors (Lipinski definition) is 2. The molecule has 5 rings (SSSR count). The summed E-state index contributed by atoms with van der Waals surface area (Å²) < 4.78 is 28.1. The monoisotopic (exact) mass is 411 g/mol. The van der Waals surface area contributed by atoms with Gasteiger partial charge in [0.2, 0.25) is 5.43 Å². The molecule has 8 nitrogen and oxygen atoms in total. The van der Waals surface area contributed by atoms with Gasteiger partial charge in [0, 0.05) is 31.4 Å². The van der Waals surface area contributed by atoms with E-state index in [1.54, 1.807) is 27.7 Å². The third kappa shape index (κ3) is 2.55. The van der Waals surface area contributed by atoms with Gasteiger partial charge in [-0.05, 0) is 24.6 Å². The van der Waals surface area contributed by atoms with E-state index in [1.165, 1.54) is 13.3 Å². The van der Waals surface area contributed by atoms with E-state index in [4.69, 9.17) is 15.2 Å². The van der Waals surface area contributed by atoms with Crippen molar-refractivity contribution in [2.45, 2.75) is 12.5 Å². The number of nitrogens with two attached hydrogens (primary N) is 1. The molecule has 154 valence electrons. The summed E-state index contributed by atoms with van der Waals surface area (Å²) in [4.78, 5) is 26.3. The first-order chi connectivity index (χ1) is 14.4. The highest BCUT2D eigenvalue weighted by atomic mass is 19.1. The van der Waals surface area contributed by atoms with Crippen LogP contribution >= 0.6 is 0 Å². The molecule has 0 saturated carbocycles. The van der Waals surface area contributed by atoms with Crippen LogP contribution < -0.4 is 25.5 Å². The Labute approximate surface area is 169 Å². The van der Waals surface area contributed by atoms with Gasteiger partial charge >= 0.3 is 5.97 Å². The average molecular weight is 411 g/mol. The van der Waals surface area contributed by atoms with Crippen LogP contribution in [-0.2, 0) is 0 Å². The van der Waals surface area contributed by atoms with Crippen LogP contribution in [0, 0.1) is 5.82 Å². The normalized spacial score (nSPS) is 17.0. The molecule has 3 heterocycles. The molecule has 0 bridgehead atoms. The van der Waals surface area contributed by atoms with Gasteiger partial charge in [-0.2, -0.15) is 0 Å². The van der Waals surface area contributed by atoms with Gasteiger partial charge in [-0.3, -0.25) is 4.79 Å². The average Bonchev–Trinajstić information content (AvgIpc) is 3.14. The van der Waals surface area contributed by atoms with Crippen molar-refractivity contribution in [1.29, 1.82) is 0 Å². The summed E-state index contributed by atoms with van der Waals surface area (Å²) in [5, 5.41) is 9.46. The van der Waals surface area contributed by atoms with Crippen molar-refractivity contribution in [1.82, 2.24) is 4.57 Å². The zero-order chi connectivity index (χ0) is 21.2. The maximum absolute atomic E-state index is 15.2. The molecule has 1 atom stereocenters. The van der Waals surface area contributed by atoms with E-state index in [-0.39, 0.29) is 22.9 Å². The highest BCUT2D eigenvalue weighted by Crippen LogP contribution is 2.47. The Bertz CT molecular complexity index is 1290. The van der Waals surface area contributed by atoms with Crippen LogP contribution in [0.5, 0.6) is 17.2 Å². The highest BCUT2D eigenvalue weighted by molar-refractivity contribution is 5.99. The molecule has 2 aromatic carbocycles. The number of rotatable bonds is 3. The SMILES string of the molecule is COc1ccc2c(c1)-n1cc(C(=O)O)c(=O)c3cc(F)c(N4CCC(N)C4)c(c31)O2. The van der Waals surface area contributed by atoms with Crippen LogP contribution in [0.25, 0.3) is 16.6 Å². The molecule has 0 spiro atoms. The lowest BCUT2D eigenvalue weighted by Gasteiger charge is -2.29. The fourth-order valence-electron chi connectivity index (χ4n) is 4.15. The van der Waals surface area contributed by atoms with Gasteiger partial charge in [0.15, 0.2) is 17.3 Å². The fourth-order valence-corrected chi connectivity index (χ4v) is 4.15. The number of halogens is 1. The summed E-state index contributed by atoms with van der Waals surface area (Å²) >= 11 is 0. The molecule has 9 heteroatoms. The first kappa shape index (κ1) is 18.4. The van der Waals surface area contributed by atoms with Crippen molar-refractivity contribution < 1.29 is 23.8 Å². The minimum Gasteiger partial charge on any atom is -0.497 e. The standard InChI is InChI=1S/C21H18FN3O5/c1-29-11-2-3-16-15(6-11)25-9-13(21(27)28)19(26)12-7-14(22)18(20(30-16)17(12)25)24-5-4-10(23)8-24/h2-3,6-7,9-10H,4-5,8,23H2,1H3,(H,27,28). The Morgan fingerprint density at radius 1 is 1.37 bits per heavy atom. The lowest BCUT2D eigenvalue weighted by molar-refractivity contribution is 0.0695. The number of pyridine rings is 1. The zero-order valence-electron chi connectivity index (χ0n) is 16.0. The van der Waals surface area contributed by atoms with Crippen LogP contribution in [0.4, 0.5) is 10.1 Å². The highest BCUT2D eigenvalue weighted by Gasteiger charge is 2.32. The zero-order valence-corrected chi connectivity index (χ0v) is 16.0. The Morgan fingerprint density at radius 3 is 2.83 bits per heavy atom. The predicted octanol–water partition coefficient (Wildman–Crippen LogP) is 2.48. The molecule has 2 aliphatic heterocycles. The second-order valence-electron chi connectivity index (χ2n) is 7.41. The van der Waals surface area contributed by atoms with Crippen LogP contribution in [0.1, 0.15) is 16.8 Å². The molecule has 1 fully saturated rings. The first-order valence-corrected chi connectivity index (χ1v) is 9.41. The van der Waals surface area contributed by atoms with Gasteiger partial charge in [-0.25, -0.2) is 9.18 Å². The molecule has 3 aromatic rings. The number of anilines is 1. The van der Waals surface area contributed by atoms with Crippen molar-refractivity contribution in [3.63, 3.8) is 0 Å². The molecular formula is C21H18FN3O5. The van der Waals surface area contributed by atoms with E-state index in [0.29, 0.717) is 42.2 Å². The van der Waals surface area contributed by atoms with Crippen LogP contribution in [0.15, 0.2) is 35.3 Å². The van der Waals surface area contributed by atoms with Gasteiger partial charge in [0.25, 0.3) is 0 Å². The number of aromatic carboxylic acids is 1. The minimum absolute atomic E-state index is 0.0666. The number of hydrogen-bond acceptors (Lipinski definition) is 6. The number of carbonyl (C=O) groups is 1. The number of carboxylic acids is 1. The lowest BCUT2D eigenvalue weighted by atomic mass is 10.1. The smallest absolute Gasteiger partial charge is 0.341 e. The predicted molar refractivity (Wildman–Crippen MR) is 108 cm³/mol. The molecule has 0 radical (unpaired) electrons. The number of aromatic nitrogens is 1. The first-order valence-electron chi connectivity index (χ1n) is 9.41. The maximum Gasteiger partial charge on any atom is 0.341 e. The molecule has 3 N–H and O–H groups in total. The van der Waals surface area contributed by atoms with Crippen LogP contribution in [-0.4, -0.2) is 41.9 Å². The molecule has 30 heavy (non-hydrogen) atoms. The Balaban J connectivity index is 1.90. The molecule has 1 saturated heterocycles. The topological polar surface area (TPSA) is 107 Å². The summed E-state index contributed by atoms with van der Waals surface area (Å²) in [5.74, 6) is -0.962. The van der Waals surface area contributed by atoms with E-state index < -0.39 is 22.8 Å². The Hall–Kier alpha value is -3.59. The largest absolute Gasteiger partial charge is 0.497 e. The number of fused-ring (bicyclic) bond motifs is 2. The molecule has 0 aliphatic carbocycles. The van der Waals surface area contributed by atoms with Crippen LogP contribution in [0.3, 0.4) is 0 Å². The van der Waals surface area contributed by atoms with Crippen molar-refractivity contribution in [2.75, 3.05) is 25.1 Å². The summed E-state index contributed by atoms with van der Waals surface area (Å²) in [6.07, 6.45) is 1.95. The number of ether oxygens (including phenoxy) is 2. The van der Waals surface area contributed by atoms with Gasteiger partial charge < -0.3 is 29.8 Å². The van der Waals surface area contributed by atoms with E-state index in [1.807, 2.05) is 0 Å². The summed E-state index contributed by atoms with van der Waals surface area (Å²) in [6, 6.07) is 6.00. The lowest BCUT2D eigenvalue weighted by Crippen LogP contribution is -2.28. The molecule has 0 amide bonds. The van der Waals surface area contributed by atoms with E-state index >= 15 is 4.39 Å². The fraction of sp³-hybridized carbons (Fsp3) is 0.238. The van der Waals surface area contributed by atoms with E-state index in [0.717, 1.165) is 6.07 Å². The summed E-state index contributed by atoms with van der Waals surface area (Å²) in [7, 11) is 1.51. The number of carboxylic acid groups (broad SMARTS) is 1. The Morgan fingerprint density at radius 2 is 2.17 bits per heavy atom. The molecule has 1 aromatic heterocycles. The second kappa shape index (κ2) is 6.46. The quantitative estimate of drug-likeness (QED) is 0.533. The van der Waals surface area contributed by atoms with Gasteiger partial charge in [-0.1, -0.05) is 0 Å². The van der Waals surface area contributed by atoms with Gasteiger partial charge in [-0.15, -0.1) is 0 Å².